The highest BCUT2D eigenvalue weighted by molar-refractivity contribution is 5.93. The van der Waals surface area contributed by atoms with Crippen LogP contribution in [0.1, 0.15) is 38.1 Å². The Morgan fingerprint density at radius 3 is 2.52 bits per heavy atom. The highest BCUT2D eigenvalue weighted by Crippen LogP contribution is 2.21. The summed E-state index contributed by atoms with van der Waals surface area (Å²) in [4.78, 5) is 23.6. The lowest BCUT2D eigenvalue weighted by atomic mass is 10.1. The lowest BCUT2D eigenvalue weighted by Crippen LogP contribution is -2.41. The Kier molecular flexibility index (Phi) is 6.02. The Morgan fingerprint density at radius 2 is 1.95 bits per heavy atom. The van der Waals surface area contributed by atoms with Crippen molar-refractivity contribution in [2.24, 2.45) is 0 Å². The van der Waals surface area contributed by atoms with Crippen molar-refractivity contribution in [3.8, 4) is 0 Å². The van der Waals surface area contributed by atoms with Gasteiger partial charge in [0.15, 0.2) is 0 Å². The Bertz CT molecular complexity index is 515. The number of nitrogens with two attached hydrogens (primary N) is 1. The van der Waals surface area contributed by atoms with E-state index in [1.54, 1.807) is 32.0 Å². The van der Waals surface area contributed by atoms with E-state index in [9.17, 15) is 9.59 Å². The molecule has 0 aromatic heterocycles. The molecule has 1 aromatic carbocycles. The number of nitrogens with one attached hydrogen (secondary N) is 2. The average Bonchev–Trinajstić information content (AvgIpc) is 2.40. The molecule has 1 unspecified atom stereocenters. The molecule has 0 bridgehead atoms. The third kappa shape index (κ3) is 4.98. The van der Waals surface area contributed by atoms with Gasteiger partial charge in [0.2, 0.25) is 5.91 Å². The van der Waals surface area contributed by atoms with Crippen molar-refractivity contribution in [3.05, 3.63) is 23.8 Å². The van der Waals surface area contributed by atoms with E-state index in [0.717, 1.165) is 0 Å². The Hall–Kier alpha value is -2.24. The molecule has 1 aromatic rings. The average molecular weight is 293 g/mol. The molecule has 1 rings (SSSR count). The van der Waals surface area contributed by atoms with Crippen LogP contribution in [0.3, 0.4) is 0 Å². The Balaban J connectivity index is 2.85. The van der Waals surface area contributed by atoms with E-state index in [1.807, 2.05) is 13.8 Å². The van der Waals surface area contributed by atoms with Gasteiger partial charge in [0.25, 0.3) is 0 Å². The summed E-state index contributed by atoms with van der Waals surface area (Å²) < 4.78 is 4.94. The maximum atomic E-state index is 11.9. The molecule has 6 nitrogen and oxygen atoms in total. The molecule has 0 radical (unpaired) electrons. The lowest BCUT2D eigenvalue weighted by Gasteiger charge is -2.18. The molecule has 21 heavy (non-hydrogen) atoms. The first kappa shape index (κ1) is 16.8. The Labute approximate surface area is 125 Å². The number of ether oxygens (including phenoxy) is 1. The molecule has 0 spiro atoms. The summed E-state index contributed by atoms with van der Waals surface area (Å²) in [5.74, 6) is -0.550. The molecule has 0 aliphatic heterocycles. The summed E-state index contributed by atoms with van der Waals surface area (Å²) in [6.45, 7) is 7.56. The van der Waals surface area contributed by atoms with Crippen LogP contribution in [0.5, 0.6) is 0 Å². The van der Waals surface area contributed by atoms with Crippen LogP contribution in [0.4, 0.5) is 11.4 Å². The predicted molar refractivity (Wildman–Crippen MR) is 83.2 cm³/mol. The van der Waals surface area contributed by atoms with Crippen LogP contribution < -0.4 is 16.4 Å². The second-order valence-electron chi connectivity index (χ2n) is 5.05. The first-order valence-corrected chi connectivity index (χ1v) is 6.98. The molecule has 1 amide bonds. The molecule has 6 heteroatoms. The monoisotopic (exact) mass is 293 g/mol. The minimum absolute atomic E-state index is 0.0602. The fraction of sp³-hybridized carbons (Fsp3) is 0.467. The summed E-state index contributed by atoms with van der Waals surface area (Å²) in [7, 11) is 0. The van der Waals surface area contributed by atoms with Crippen LogP contribution in [0, 0.1) is 0 Å². The number of esters is 1. The first-order chi connectivity index (χ1) is 9.85. The molecule has 0 fully saturated rings. The number of rotatable bonds is 6. The summed E-state index contributed by atoms with van der Waals surface area (Å²) in [6, 6.07) is 4.39. The fourth-order valence-electron chi connectivity index (χ4n) is 1.73. The minimum atomic E-state index is -0.466. The summed E-state index contributed by atoms with van der Waals surface area (Å²) >= 11 is 0. The van der Waals surface area contributed by atoms with Crippen molar-refractivity contribution >= 4 is 23.3 Å². The number of hydrogen-bond donors (Lipinski definition) is 3. The van der Waals surface area contributed by atoms with Gasteiger partial charge in [0.1, 0.15) is 6.04 Å². The molecule has 4 N–H and O–H groups in total. The van der Waals surface area contributed by atoms with Crippen molar-refractivity contribution in [2.75, 3.05) is 17.7 Å². The topological polar surface area (TPSA) is 93.4 Å². The van der Waals surface area contributed by atoms with Gasteiger partial charge in [0.05, 0.1) is 23.5 Å². The van der Waals surface area contributed by atoms with Gasteiger partial charge >= 0.3 is 5.97 Å². The van der Waals surface area contributed by atoms with Crippen LogP contribution in [0.2, 0.25) is 0 Å². The van der Waals surface area contributed by atoms with E-state index in [2.05, 4.69) is 10.6 Å². The molecule has 1 atom stereocenters. The fourth-order valence-corrected chi connectivity index (χ4v) is 1.73. The standard InChI is InChI=1S/C15H23N3O3/c1-5-21-15(20)11-6-7-12(16)13(8-11)18-10(4)14(19)17-9(2)3/h6-10,18H,5,16H2,1-4H3,(H,17,19). The van der Waals surface area contributed by atoms with Crippen molar-refractivity contribution in [2.45, 2.75) is 39.8 Å². The number of anilines is 2. The van der Waals surface area contributed by atoms with E-state index >= 15 is 0 Å². The van der Waals surface area contributed by atoms with Crippen molar-refractivity contribution < 1.29 is 14.3 Å². The van der Waals surface area contributed by atoms with Gasteiger partial charge in [-0.15, -0.1) is 0 Å². The highest BCUT2D eigenvalue weighted by Gasteiger charge is 2.16. The third-order valence-electron chi connectivity index (χ3n) is 2.76. The summed E-state index contributed by atoms with van der Waals surface area (Å²) in [5, 5.41) is 5.81. The predicted octanol–water partition coefficient (Wildman–Crippen LogP) is 1.77. The van der Waals surface area contributed by atoms with Crippen molar-refractivity contribution in [3.63, 3.8) is 0 Å². The maximum absolute atomic E-state index is 11.9. The number of carbonyl (C=O) groups is 2. The van der Waals surface area contributed by atoms with E-state index in [4.69, 9.17) is 10.5 Å². The zero-order valence-corrected chi connectivity index (χ0v) is 12.9. The molecule has 116 valence electrons. The van der Waals surface area contributed by atoms with Crippen molar-refractivity contribution in [1.82, 2.24) is 5.32 Å². The highest BCUT2D eigenvalue weighted by atomic mass is 16.5. The van der Waals surface area contributed by atoms with Gasteiger partial charge in [-0.05, 0) is 45.9 Å². The van der Waals surface area contributed by atoms with E-state index in [-0.39, 0.29) is 11.9 Å². The Morgan fingerprint density at radius 1 is 1.29 bits per heavy atom. The lowest BCUT2D eigenvalue weighted by molar-refractivity contribution is -0.122. The number of benzene rings is 1. The van der Waals surface area contributed by atoms with Gasteiger partial charge in [0, 0.05) is 6.04 Å². The molecular formula is C15H23N3O3. The molecular weight excluding hydrogens is 270 g/mol. The smallest absolute Gasteiger partial charge is 0.338 e. The van der Waals surface area contributed by atoms with Crippen LogP contribution in [0.15, 0.2) is 18.2 Å². The van der Waals surface area contributed by atoms with Crippen LogP contribution in [0.25, 0.3) is 0 Å². The van der Waals surface area contributed by atoms with Gasteiger partial charge in [-0.25, -0.2) is 4.79 Å². The first-order valence-electron chi connectivity index (χ1n) is 6.98. The zero-order chi connectivity index (χ0) is 16.0. The number of amides is 1. The zero-order valence-electron chi connectivity index (χ0n) is 12.9. The summed E-state index contributed by atoms with van der Waals surface area (Å²) in [6.07, 6.45) is 0. The van der Waals surface area contributed by atoms with Crippen LogP contribution in [-0.4, -0.2) is 30.6 Å². The number of nitrogen functional groups attached to an aromatic ring is 1. The maximum Gasteiger partial charge on any atom is 0.338 e. The molecule has 0 aliphatic rings. The van der Waals surface area contributed by atoms with E-state index in [1.165, 1.54) is 0 Å². The molecule has 0 saturated carbocycles. The van der Waals surface area contributed by atoms with E-state index < -0.39 is 12.0 Å². The number of carbonyl (C=O) groups excluding carboxylic acids is 2. The number of hydrogen-bond acceptors (Lipinski definition) is 5. The quantitative estimate of drug-likeness (QED) is 0.549. The minimum Gasteiger partial charge on any atom is -0.462 e. The van der Waals surface area contributed by atoms with Gasteiger partial charge in [-0.2, -0.15) is 0 Å². The van der Waals surface area contributed by atoms with Gasteiger partial charge in [-0.1, -0.05) is 0 Å². The van der Waals surface area contributed by atoms with Crippen LogP contribution >= 0.6 is 0 Å². The van der Waals surface area contributed by atoms with E-state index in [0.29, 0.717) is 23.5 Å². The molecule has 0 saturated heterocycles. The van der Waals surface area contributed by atoms with Crippen molar-refractivity contribution in [1.29, 1.82) is 0 Å². The second-order valence-corrected chi connectivity index (χ2v) is 5.05. The second kappa shape index (κ2) is 7.52. The molecule has 0 aliphatic carbocycles. The summed E-state index contributed by atoms with van der Waals surface area (Å²) in [5.41, 5.74) is 7.26. The molecule has 0 heterocycles. The van der Waals surface area contributed by atoms with Gasteiger partial charge in [-0.3, -0.25) is 4.79 Å². The SMILES string of the molecule is CCOC(=O)c1ccc(N)c(NC(C)C(=O)NC(C)C)c1. The largest absolute Gasteiger partial charge is 0.462 e. The normalized spacial score (nSPS) is 11.9. The van der Waals surface area contributed by atoms with Gasteiger partial charge < -0.3 is 21.1 Å². The third-order valence-corrected chi connectivity index (χ3v) is 2.76. The van der Waals surface area contributed by atoms with Crippen LogP contribution in [-0.2, 0) is 9.53 Å².